The second-order valence-electron chi connectivity index (χ2n) is 4.19. The molecule has 3 N–H and O–H groups in total. The van der Waals surface area contributed by atoms with Crippen LogP contribution in [0, 0.1) is 5.82 Å². The Balaban J connectivity index is 2.61. The molecule has 0 atom stereocenters. The zero-order valence-corrected chi connectivity index (χ0v) is 11.6. The van der Waals surface area contributed by atoms with Crippen LogP contribution in [0.3, 0.4) is 0 Å². The molecule has 0 saturated heterocycles. The highest BCUT2D eigenvalue weighted by Crippen LogP contribution is 2.14. The molecule has 0 spiro atoms. The number of pyridine rings is 1. The minimum absolute atomic E-state index is 0.0681. The minimum atomic E-state index is -0.669. The van der Waals surface area contributed by atoms with Crippen LogP contribution in [0.1, 0.15) is 30.6 Å². The van der Waals surface area contributed by atoms with Gasteiger partial charge >= 0.3 is 0 Å². The van der Waals surface area contributed by atoms with Gasteiger partial charge in [-0.15, -0.1) is 0 Å². The highest BCUT2D eigenvalue weighted by molar-refractivity contribution is 5.95. The first-order valence-electron chi connectivity index (χ1n) is 6.47. The highest BCUT2D eigenvalue weighted by Gasteiger charge is 2.15. The Bertz CT molecular complexity index is 479. The van der Waals surface area contributed by atoms with E-state index in [1.165, 1.54) is 19.2 Å². The van der Waals surface area contributed by atoms with Crippen molar-refractivity contribution in [1.29, 1.82) is 0 Å². The summed E-state index contributed by atoms with van der Waals surface area (Å²) in [4.78, 5) is 26.3. The van der Waals surface area contributed by atoms with Gasteiger partial charge in [-0.05, 0) is 12.5 Å². The summed E-state index contributed by atoms with van der Waals surface area (Å²) in [5.74, 6) is -1.31. The summed E-state index contributed by atoms with van der Waals surface area (Å²) in [6.45, 7) is 4.45. The zero-order chi connectivity index (χ0) is 15.0. The number of nitrogens with zero attached hydrogens (tertiary/aromatic N) is 1. The third-order valence-corrected chi connectivity index (χ3v) is 2.46. The second-order valence-corrected chi connectivity index (χ2v) is 4.19. The van der Waals surface area contributed by atoms with Crippen molar-refractivity contribution in [3.05, 3.63) is 23.6 Å². The van der Waals surface area contributed by atoms with Crippen molar-refractivity contribution >= 4 is 17.6 Å². The number of carbonyl (C=O) groups excluding carboxylic acids is 2. The van der Waals surface area contributed by atoms with Gasteiger partial charge in [0.15, 0.2) is 11.6 Å². The van der Waals surface area contributed by atoms with Crippen molar-refractivity contribution in [2.45, 2.75) is 20.3 Å². The van der Waals surface area contributed by atoms with Gasteiger partial charge in [0.2, 0.25) is 5.91 Å². The summed E-state index contributed by atoms with van der Waals surface area (Å²) in [6, 6.07) is 1.32. The monoisotopic (exact) mass is 282 g/mol. The number of aromatic nitrogens is 1. The Morgan fingerprint density at radius 1 is 1.25 bits per heavy atom. The first-order chi connectivity index (χ1) is 9.56. The van der Waals surface area contributed by atoms with Crippen molar-refractivity contribution in [3.63, 3.8) is 0 Å². The molecule has 1 rings (SSSR count). The molecule has 1 aromatic rings. The molecule has 0 saturated carbocycles. The number of amides is 2. The van der Waals surface area contributed by atoms with Crippen molar-refractivity contribution in [1.82, 2.24) is 15.6 Å². The van der Waals surface area contributed by atoms with Crippen LogP contribution < -0.4 is 16.0 Å². The largest absolute Gasteiger partial charge is 0.368 e. The Morgan fingerprint density at radius 3 is 2.60 bits per heavy atom. The number of nitrogens with one attached hydrogen (secondary N) is 3. The van der Waals surface area contributed by atoms with Crippen LogP contribution in [-0.2, 0) is 4.79 Å². The Hall–Kier alpha value is -2.18. The van der Waals surface area contributed by atoms with Crippen molar-refractivity contribution in [2.24, 2.45) is 0 Å². The Kier molecular flexibility index (Phi) is 6.42. The molecule has 1 aromatic heterocycles. The van der Waals surface area contributed by atoms with Gasteiger partial charge in [0, 0.05) is 32.8 Å². The number of anilines is 1. The topological polar surface area (TPSA) is 83.1 Å². The fraction of sp³-hybridized carbons (Fsp3) is 0.462. The smallest absolute Gasteiger partial charge is 0.254 e. The summed E-state index contributed by atoms with van der Waals surface area (Å²) in [6.07, 6.45) is 2.21. The van der Waals surface area contributed by atoms with E-state index in [1.54, 1.807) is 0 Å². The molecule has 0 radical (unpaired) electrons. The molecule has 7 heteroatoms. The maximum atomic E-state index is 14.0. The molecule has 0 fully saturated rings. The van der Waals surface area contributed by atoms with Gasteiger partial charge in [-0.1, -0.05) is 6.92 Å². The van der Waals surface area contributed by atoms with Crippen LogP contribution in [0.4, 0.5) is 10.2 Å². The summed E-state index contributed by atoms with van der Waals surface area (Å²) in [5, 5.41) is 7.88. The lowest BCUT2D eigenvalue weighted by molar-refractivity contribution is -0.118. The summed E-state index contributed by atoms with van der Waals surface area (Å²) >= 11 is 0. The van der Waals surface area contributed by atoms with Gasteiger partial charge < -0.3 is 16.0 Å². The van der Waals surface area contributed by atoms with Gasteiger partial charge in [-0.2, -0.15) is 0 Å². The third kappa shape index (κ3) is 4.83. The van der Waals surface area contributed by atoms with E-state index in [0.717, 1.165) is 6.42 Å². The Labute approximate surface area is 117 Å². The van der Waals surface area contributed by atoms with Crippen LogP contribution >= 0.6 is 0 Å². The molecule has 1 heterocycles. The van der Waals surface area contributed by atoms with Gasteiger partial charge in [0.1, 0.15) is 0 Å². The lowest BCUT2D eigenvalue weighted by atomic mass is 10.2. The number of hydrogen-bond acceptors (Lipinski definition) is 4. The average molecular weight is 282 g/mol. The molecule has 0 bridgehead atoms. The summed E-state index contributed by atoms with van der Waals surface area (Å²) in [7, 11) is 0. The van der Waals surface area contributed by atoms with E-state index in [1.807, 2.05) is 6.92 Å². The lowest BCUT2D eigenvalue weighted by Crippen LogP contribution is -2.34. The van der Waals surface area contributed by atoms with Gasteiger partial charge in [-0.3, -0.25) is 9.59 Å². The number of rotatable bonds is 7. The maximum absolute atomic E-state index is 14.0. The zero-order valence-electron chi connectivity index (χ0n) is 11.6. The summed E-state index contributed by atoms with van der Waals surface area (Å²) in [5.41, 5.74) is -0.0681. The quantitative estimate of drug-likeness (QED) is 0.649. The van der Waals surface area contributed by atoms with Crippen LogP contribution in [0.2, 0.25) is 0 Å². The van der Waals surface area contributed by atoms with E-state index in [4.69, 9.17) is 0 Å². The molecular weight excluding hydrogens is 263 g/mol. The minimum Gasteiger partial charge on any atom is -0.368 e. The first kappa shape index (κ1) is 15.9. The van der Waals surface area contributed by atoms with E-state index in [9.17, 15) is 14.0 Å². The van der Waals surface area contributed by atoms with Crippen LogP contribution in [-0.4, -0.2) is 36.4 Å². The fourth-order valence-corrected chi connectivity index (χ4v) is 1.50. The predicted octanol–water partition coefficient (Wildman–Crippen LogP) is 0.908. The van der Waals surface area contributed by atoms with E-state index in [0.29, 0.717) is 13.1 Å². The molecule has 0 aliphatic carbocycles. The molecule has 0 aliphatic heterocycles. The molecule has 0 unspecified atom stereocenters. The van der Waals surface area contributed by atoms with Crippen LogP contribution in [0.15, 0.2) is 12.3 Å². The lowest BCUT2D eigenvalue weighted by Gasteiger charge is -2.09. The molecule has 110 valence electrons. The number of hydrogen-bond donors (Lipinski definition) is 3. The van der Waals surface area contributed by atoms with Crippen molar-refractivity contribution in [2.75, 3.05) is 25.0 Å². The molecular formula is C13H19FN4O2. The van der Waals surface area contributed by atoms with E-state index in [-0.39, 0.29) is 23.8 Å². The van der Waals surface area contributed by atoms with Crippen molar-refractivity contribution < 1.29 is 14.0 Å². The molecule has 0 aromatic carbocycles. The van der Waals surface area contributed by atoms with Gasteiger partial charge in [0.25, 0.3) is 5.91 Å². The molecule has 20 heavy (non-hydrogen) atoms. The van der Waals surface area contributed by atoms with E-state index >= 15 is 0 Å². The standard InChI is InChI=1S/C13H19FN4O2/c1-3-5-16-12-11(14)10(4-6-17-12)13(20)18-8-7-15-9(2)19/h4,6H,3,5,7-8H2,1-2H3,(H,15,19)(H,16,17)(H,18,20). The molecule has 2 amide bonds. The maximum Gasteiger partial charge on any atom is 0.254 e. The second kappa shape index (κ2) is 8.08. The van der Waals surface area contributed by atoms with Gasteiger partial charge in [0.05, 0.1) is 5.56 Å². The van der Waals surface area contributed by atoms with E-state index in [2.05, 4.69) is 20.9 Å². The Morgan fingerprint density at radius 2 is 1.95 bits per heavy atom. The van der Waals surface area contributed by atoms with Crippen LogP contribution in [0.5, 0.6) is 0 Å². The summed E-state index contributed by atoms with van der Waals surface area (Å²) < 4.78 is 14.0. The normalized spacial score (nSPS) is 9.95. The number of halogens is 1. The molecule has 0 aliphatic rings. The molecule has 6 nitrogen and oxygen atoms in total. The average Bonchev–Trinajstić information content (AvgIpc) is 2.42. The fourth-order valence-electron chi connectivity index (χ4n) is 1.50. The van der Waals surface area contributed by atoms with Crippen molar-refractivity contribution in [3.8, 4) is 0 Å². The predicted molar refractivity (Wildman–Crippen MR) is 74.0 cm³/mol. The van der Waals surface area contributed by atoms with Gasteiger partial charge in [-0.25, -0.2) is 9.37 Å². The first-order valence-corrected chi connectivity index (χ1v) is 6.47. The number of carbonyl (C=O) groups is 2. The highest BCUT2D eigenvalue weighted by atomic mass is 19.1. The SMILES string of the molecule is CCCNc1nccc(C(=O)NCCNC(C)=O)c1F. The van der Waals surface area contributed by atoms with Crippen LogP contribution in [0.25, 0.3) is 0 Å². The van der Waals surface area contributed by atoms with E-state index < -0.39 is 11.7 Å². The third-order valence-electron chi connectivity index (χ3n) is 2.46.